The van der Waals surface area contributed by atoms with Crippen molar-refractivity contribution in [2.45, 2.75) is 27.3 Å². The van der Waals surface area contributed by atoms with Gasteiger partial charge in [0.15, 0.2) is 0 Å². The molecule has 3 heteroatoms. The van der Waals surface area contributed by atoms with Crippen LogP contribution in [-0.4, -0.2) is 16.5 Å². The number of hydrogen-bond donors (Lipinski definition) is 1. The Bertz CT molecular complexity index is 238. The van der Waals surface area contributed by atoms with Gasteiger partial charge in [-0.3, -0.25) is 0 Å². The Morgan fingerprint density at radius 2 is 1.83 bits per heavy atom. The first-order valence-electron chi connectivity index (χ1n) is 4.23. The maximum atomic E-state index is 4.14. The average molecular weight is 165 g/mol. The second kappa shape index (κ2) is 4.16. The van der Waals surface area contributed by atoms with Crippen molar-refractivity contribution in [3.63, 3.8) is 0 Å². The predicted octanol–water partition coefficient (Wildman–Crippen LogP) is 1.20. The topological polar surface area (TPSA) is 37.8 Å². The van der Waals surface area contributed by atoms with Crippen LogP contribution in [0.15, 0.2) is 6.33 Å². The molecule has 0 amide bonds. The number of nitrogens with one attached hydrogen (secondary N) is 1. The van der Waals surface area contributed by atoms with Crippen LogP contribution in [0.3, 0.4) is 0 Å². The highest BCUT2D eigenvalue weighted by molar-refractivity contribution is 5.22. The zero-order valence-corrected chi connectivity index (χ0v) is 7.89. The van der Waals surface area contributed by atoms with Crippen LogP contribution in [-0.2, 0) is 6.54 Å². The maximum absolute atomic E-state index is 4.14. The van der Waals surface area contributed by atoms with Crippen LogP contribution in [0, 0.1) is 13.8 Å². The third-order valence-electron chi connectivity index (χ3n) is 1.93. The van der Waals surface area contributed by atoms with Gasteiger partial charge in [0, 0.05) is 23.5 Å². The van der Waals surface area contributed by atoms with Gasteiger partial charge in [-0.2, -0.15) is 0 Å². The summed E-state index contributed by atoms with van der Waals surface area (Å²) in [6.07, 6.45) is 1.61. The fourth-order valence-electron chi connectivity index (χ4n) is 1.13. The first kappa shape index (κ1) is 9.13. The molecule has 1 aromatic heterocycles. The fourth-order valence-corrected chi connectivity index (χ4v) is 1.13. The Balaban J connectivity index is 2.81. The molecule has 1 aromatic rings. The lowest BCUT2D eigenvalue weighted by Crippen LogP contribution is -2.14. The maximum Gasteiger partial charge on any atom is 0.115 e. The summed E-state index contributed by atoms with van der Waals surface area (Å²) in [5.41, 5.74) is 3.37. The SMILES string of the molecule is CCNCc1c(C)ncnc1C. The normalized spacial score (nSPS) is 10.2. The summed E-state index contributed by atoms with van der Waals surface area (Å²) in [4.78, 5) is 8.28. The van der Waals surface area contributed by atoms with Crippen LogP contribution in [0.25, 0.3) is 0 Å². The summed E-state index contributed by atoms with van der Waals surface area (Å²) in [6, 6.07) is 0. The first-order valence-corrected chi connectivity index (χ1v) is 4.23. The van der Waals surface area contributed by atoms with Gasteiger partial charge >= 0.3 is 0 Å². The zero-order chi connectivity index (χ0) is 8.97. The molecule has 0 aliphatic rings. The number of rotatable bonds is 3. The lowest BCUT2D eigenvalue weighted by molar-refractivity contribution is 0.710. The summed E-state index contributed by atoms with van der Waals surface area (Å²) in [5.74, 6) is 0. The largest absolute Gasteiger partial charge is 0.313 e. The van der Waals surface area contributed by atoms with Crippen LogP contribution in [0.4, 0.5) is 0 Å². The van der Waals surface area contributed by atoms with Gasteiger partial charge in [0.25, 0.3) is 0 Å². The van der Waals surface area contributed by atoms with Crippen molar-refractivity contribution >= 4 is 0 Å². The summed E-state index contributed by atoms with van der Waals surface area (Å²) >= 11 is 0. The zero-order valence-electron chi connectivity index (χ0n) is 7.89. The van der Waals surface area contributed by atoms with E-state index < -0.39 is 0 Å². The molecule has 0 aliphatic heterocycles. The molecule has 0 atom stereocenters. The number of hydrogen-bond acceptors (Lipinski definition) is 3. The van der Waals surface area contributed by atoms with E-state index in [2.05, 4.69) is 22.2 Å². The third-order valence-corrected chi connectivity index (χ3v) is 1.93. The van der Waals surface area contributed by atoms with Crippen LogP contribution in [0.1, 0.15) is 23.9 Å². The molecular formula is C9H15N3. The van der Waals surface area contributed by atoms with Crippen LogP contribution < -0.4 is 5.32 Å². The highest BCUT2D eigenvalue weighted by Crippen LogP contribution is 2.06. The van der Waals surface area contributed by atoms with Crippen molar-refractivity contribution in [3.8, 4) is 0 Å². The van der Waals surface area contributed by atoms with Gasteiger partial charge in [0.05, 0.1) is 0 Å². The van der Waals surface area contributed by atoms with Crippen molar-refractivity contribution in [2.75, 3.05) is 6.54 Å². The Kier molecular flexibility index (Phi) is 3.17. The van der Waals surface area contributed by atoms with E-state index in [0.29, 0.717) is 0 Å². The van der Waals surface area contributed by atoms with Crippen molar-refractivity contribution in [2.24, 2.45) is 0 Å². The second-order valence-electron chi connectivity index (χ2n) is 2.80. The van der Waals surface area contributed by atoms with Crippen LogP contribution >= 0.6 is 0 Å². The highest BCUT2D eigenvalue weighted by atomic mass is 14.9. The molecule has 0 spiro atoms. The van der Waals surface area contributed by atoms with Gasteiger partial charge in [0.1, 0.15) is 6.33 Å². The molecular weight excluding hydrogens is 150 g/mol. The van der Waals surface area contributed by atoms with Crippen molar-refractivity contribution in [3.05, 3.63) is 23.3 Å². The van der Waals surface area contributed by atoms with E-state index >= 15 is 0 Å². The average Bonchev–Trinajstić information content (AvgIpc) is 2.04. The molecule has 0 aliphatic carbocycles. The molecule has 0 radical (unpaired) electrons. The Morgan fingerprint density at radius 1 is 1.25 bits per heavy atom. The number of aromatic nitrogens is 2. The number of aryl methyl sites for hydroxylation is 2. The van der Waals surface area contributed by atoms with Crippen LogP contribution in [0.2, 0.25) is 0 Å². The van der Waals surface area contributed by atoms with E-state index in [1.54, 1.807) is 6.33 Å². The quantitative estimate of drug-likeness (QED) is 0.731. The number of nitrogens with zero attached hydrogens (tertiary/aromatic N) is 2. The standard InChI is InChI=1S/C9H15N3/c1-4-10-5-9-7(2)11-6-12-8(9)3/h6,10H,4-5H2,1-3H3. The second-order valence-corrected chi connectivity index (χ2v) is 2.80. The van der Waals surface area contributed by atoms with E-state index in [1.807, 2.05) is 13.8 Å². The predicted molar refractivity (Wildman–Crippen MR) is 48.9 cm³/mol. The third kappa shape index (κ3) is 2.01. The molecule has 3 nitrogen and oxygen atoms in total. The Hall–Kier alpha value is -0.960. The van der Waals surface area contributed by atoms with Gasteiger partial charge in [-0.1, -0.05) is 6.92 Å². The van der Waals surface area contributed by atoms with Crippen molar-refractivity contribution < 1.29 is 0 Å². The monoisotopic (exact) mass is 165 g/mol. The fraction of sp³-hybridized carbons (Fsp3) is 0.556. The first-order chi connectivity index (χ1) is 5.75. The molecule has 1 N–H and O–H groups in total. The lowest BCUT2D eigenvalue weighted by atomic mass is 10.2. The molecule has 12 heavy (non-hydrogen) atoms. The summed E-state index contributed by atoms with van der Waals surface area (Å²) in [5, 5.41) is 3.27. The Morgan fingerprint density at radius 3 is 2.33 bits per heavy atom. The van der Waals surface area contributed by atoms with Gasteiger partial charge in [-0.15, -0.1) is 0 Å². The van der Waals surface area contributed by atoms with E-state index in [1.165, 1.54) is 5.56 Å². The minimum absolute atomic E-state index is 0.870. The minimum atomic E-state index is 0.870. The smallest absolute Gasteiger partial charge is 0.115 e. The molecule has 0 bridgehead atoms. The van der Waals surface area contributed by atoms with E-state index in [4.69, 9.17) is 0 Å². The van der Waals surface area contributed by atoms with E-state index in [9.17, 15) is 0 Å². The summed E-state index contributed by atoms with van der Waals surface area (Å²) < 4.78 is 0. The molecule has 0 aromatic carbocycles. The molecule has 66 valence electrons. The summed E-state index contributed by atoms with van der Waals surface area (Å²) in [6.45, 7) is 7.97. The van der Waals surface area contributed by atoms with E-state index in [0.717, 1.165) is 24.5 Å². The van der Waals surface area contributed by atoms with Gasteiger partial charge in [-0.05, 0) is 20.4 Å². The summed E-state index contributed by atoms with van der Waals surface area (Å²) in [7, 11) is 0. The van der Waals surface area contributed by atoms with Crippen molar-refractivity contribution in [1.82, 2.24) is 15.3 Å². The lowest BCUT2D eigenvalue weighted by Gasteiger charge is -2.07. The van der Waals surface area contributed by atoms with Gasteiger partial charge in [-0.25, -0.2) is 9.97 Å². The Labute approximate surface area is 73.2 Å². The minimum Gasteiger partial charge on any atom is -0.313 e. The molecule has 0 saturated heterocycles. The molecule has 1 rings (SSSR count). The molecule has 0 fully saturated rings. The molecule has 1 heterocycles. The van der Waals surface area contributed by atoms with Gasteiger partial charge in [0.2, 0.25) is 0 Å². The van der Waals surface area contributed by atoms with E-state index in [-0.39, 0.29) is 0 Å². The van der Waals surface area contributed by atoms with Crippen LogP contribution in [0.5, 0.6) is 0 Å². The van der Waals surface area contributed by atoms with Gasteiger partial charge < -0.3 is 5.32 Å². The van der Waals surface area contributed by atoms with Crippen molar-refractivity contribution in [1.29, 1.82) is 0 Å². The highest BCUT2D eigenvalue weighted by Gasteiger charge is 2.02. The molecule has 0 unspecified atom stereocenters. The molecule has 0 saturated carbocycles.